The van der Waals surface area contributed by atoms with Crippen molar-refractivity contribution < 1.29 is 4.74 Å². The topological polar surface area (TPSA) is 21.3 Å². The summed E-state index contributed by atoms with van der Waals surface area (Å²) in [5.41, 5.74) is 1.27. The number of nitrogens with one attached hydrogen (secondary N) is 1. The molecule has 1 aliphatic carbocycles. The van der Waals surface area contributed by atoms with Gasteiger partial charge in [0.1, 0.15) is 11.4 Å². The number of hydrogen-bond donors (Lipinski definition) is 1. The highest BCUT2D eigenvalue weighted by Gasteiger charge is 2.50. The van der Waals surface area contributed by atoms with E-state index in [-0.39, 0.29) is 5.60 Å². The van der Waals surface area contributed by atoms with Crippen molar-refractivity contribution in [1.29, 1.82) is 0 Å². The largest absolute Gasteiger partial charge is 0.487 e. The lowest BCUT2D eigenvalue weighted by Crippen LogP contribution is -2.45. The summed E-state index contributed by atoms with van der Waals surface area (Å²) >= 11 is 6.17. The number of fused-ring (bicyclic) bond motifs is 1. The van der Waals surface area contributed by atoms with Crippen LogP contribution in [0.3, 0.4) is 0 Å². The molecule has 0 bridgehead atoms. The van der Waals surface area contributed by atoms with E-state index in [4.69, 9.17) is 16.3 Å². The smallest absolute Gasteiger partial charge is 0.125 e. The minimum absolute atomic E-state index is 0.0340. The molecule has 20 heavy (non-hydrogen) atoms. The minimum atomic E-state index is 0.0340. The molecule has 1 heterocycles. The molecule has 3 heteroatoms. The number of rotatable bonds is 5. The van der Waals surface area contributed by atoms with Gasteiger partial charge in [0.2, 0.25) is 0 Å². The lowest BCUT2D eigenvalue weighted by Gasteiger charge is -2.42. The molecule has 0 saturated heterocycles. The van der Waals surface area contributed by atoms with Crippen molar-refractivity contribution in [3.05, 3.63) is 28.8 Å². The highest BCUT2D eigenvalue weighted by atomic mass is 35.5. The quantitative estimate of drug-likeness (QED) is 0.848. The van der Waals surface area contributed by atoms with E-state index in [9.17, 15) is 0 Å². The van der Waals surface area contributed by atoms with Crippen LogP contribution in [0.4, 0.5) is 0 Å². The van der Waals surface area contributed by atoms with E-state index in [2.05, 4.69) is 25.2 Å². The Kier molecular flexibility index (Phi) is 3.96. The van der Waals surface area contributed by atoms with Crippen LogP contribution in [0.1, 0.15) is 57.6 Å². The van der Waals surface area contributed by atoms with Crippen molar-refractivity contribution in [2.75, 3.05) is 6.54 Å². The first kappa shape index (κ1) is 14.2. The van der Waals surface area contributed by atoms with Crippen LogP contribution in [-0.2, 0) is 0 Å². The minimum Gasteiger partial charge on any atom is -0.487 e. The van der Waals surface area contributed by atoms with Gasteiger partial charge in [-0.1, -0.05) is 25.4 Å². The number of benzene rings is 1. The van der Waals surface area contributed by atoms with Crippen LogP contribution in [0.2, 0.25) is 5.02 Å². The van der Waals surface area contributed by atoms with Crippen molar-refractivity contribution >= 4 is 11.6 Å². The molecule has 0 aromatic heterocycles. The zero-order chi connectivity index (χ0) is 14.2. The second-order valence-electron chi connectivity index (χ2n) is 6.19. The Bertz CT molecular complexity index is 486. The Labute approximate surface area is 126 Å². The van der Waals surface area contributed by atoms with Gasteiger partial charge in [-0.3, -0.25) is 0 Å². The third-order valence-corrected chi connectivity index (χ3v) is 5.01. The van der Waals surface area contributed by atoms with E-state index < -0.39 is 0 Å². The van der Waals surface area contributed by atoms with Crippen LogP contribution in [0.15, 0.2) is 18.2 Å². The van der Waals surface area contributed by atoms with Crippen LogP contribution in [0.5, 0.6) is 5.75 Å². The molecule has 2 nitrogen and oxygen atoms in total. The van der Waals surface area contributed by atoms with Crippen LogP contribution >= 0.6 is 11.6 Å². The number of halogens is 1. The van der Waals surface area contributed by atoms with E-state index in [1.54, 1.807) is 0 Å². The summed E-state index contributed by atoms with van der Waals surface area (Å²) in [6.45, 7) is 5.51. The molecular formula is C17H24ClNO. The zero-order valence-electron chi connectivity index (χ0n) is 12.4. The van der Waals surface area contributed by atoms with Crippen LogP contribution in [0.25, 0.3) is 0 Å². The molecule has 1 N–H and O–H groups in total. The first-order valence-corrected chi connectivity index (χ1v) is 8.28. The Morgan fingerprint density at radius 3 is 2.80 bits per heavy atom. The van der Waals surface area contributed by atoms with Crippen LogP contribution < -0.4 is 10.1 Å². The fourth-order valence-electron chi connectivity index (χ4n) is 3.47. The summed E-state index contributed by atoms with van der Waals surface area (Å²) in [6.07, 6.45) is 5.94. The predicted molar refractivity (Wildman–Crippen MR) is 83.5 cm³/mol. The molecule has 0 amide bonds. The van der Waals surface area contributed by atoms with E-state index in [1.807, 2.05) is 12.1 Å². The molecule has 1 aromatic rings. The maximum atomic E-state index is 6.46. The average molecular weight is 294 g/mol. The van der Waals surface area contributed by atoms with E-state index in [0.29, 0.717) is 6.04 Å². The van der Waals surface area contributed by atoms with Crippen molar-refractivity contribution in [2.24, 2.45) is 5.92 Å². The molecule has 0 radical (unpaired) electrons. The summed E-state index contributed by atoms with van der Waals surface area (Å²) in [5, 5.41) is 4.49. The molecule has 2 atom stereocenters. The SMILES string of the molecule is CCCNC1CC(CC)(C2CC2)Oc2ccc(Cl)cc21. The average Bonchev–Trinajstić information content (AvgIpc) is 3.29. The van der Waals surface area contributed by atoms with Gasteiger partial charge in [-0.25, -0.2) is 0 Å². The predicted octanol–water partition coefficient (Wildman–Crippen LogP) is 4.72. The van der Waals surface area contributed by atoms with Crippen molar-refractivity contribution in [3.8, 4) is 5.75 Å². The highest BCUT2D eigenvalue weighted by molar-refractivity contribution is 6.30. The van der Waals surface area contributed by atoms with Gasteiger partial charge >= 0.3 is 0 Å². The molecule has 1 fully saturated rings. The second-order valence-corrected chi connectivity index (χ2v) is 6.62. The Balaban J connectivity index is 1.93. The molecule has 2 aliphatic rings. The highest BCUT2D eigenvalue weighted by Crippen LogP contribution is 2.52. The summed E-state index contributed by atoms with van der Waals surface area (Å²) in [7, 11) is 0. The van der Waals surface area contributed by atoms with E-state index in [0.717, 1.165) is 42.5 Å². The Morgan fingerprint density at radius 2 is 2.15 bits per heavy atom. The molecule has 2 unspecified atom stereocenters. The van der Waals surface area contributed by atoms with Crippen molar-refractivity contribution in [1.82, 2.24) is 5.32 Å². The third kappa shape index (κ3) is 2.56. The van der Waals surface area contributed by atoms with Gasteiger partial charge in [-0.15, -0.1) is 0 Å². The Hall–Kier alpha value is -0.730. The summed E-state index contributed by atoms with van der Waals surface area (Å²) in [5.74, 6) is 1.77. The number of hydrogen-bond acceptors (Lipinski definition) is 2. The van der Waals surface area contributed by atoms with Crippen LogP contribution in [0, 0.1) is 5.92 Å². The normalized spacial score (nSPS) is 28.9. The van der Waals surface area contributed by atoms with E-state index >= 15 is 0 Å². The zero-order valence-corrected chi connectivity index (χ0v) is 13.2. The lowest BCUT2D eigenvalue weighted by molar-refractivity contribution is 0.00575. The molecule has 1 aromatic carbocycles. The summed E-state index contributed by atoms with van der Waals surface area (Å²) in [6, 6.07) is 6.43. The second kappa shape index (κ2) is 5.57. The first-order valence-electron chi connectivity index (χ1n) is 7.90. The fourth-order valence-corrected chi connectivity index (χ4v) is 3.65. The van der Waals surface area contributed by atoms with Crippen LogP contribution in [-0.4, -0.2) is 12.1 Å². The molecule has 110 valence electrons. The van der Waals surface area contributed by atoms with Gasteiger partial charge in [0.15, 0.2) is 0 Å². The van der Waals surface area contributed by atoms with Gasteiger partial charge < -0.3 is 10.1 Å². The van der Waals surface area contributed by atoms with Gasteiger partial charge in [0.25, 0.3) is 0 Å². The lowest BCUT2D eigenvalue weighted by atomic mass is 9.82. The summed E-state index contributed by atoms with van der Waals surface area (Å²) in [4.78, 5) is 0. The maximum Gasteiger partial charge on any atom is 0.125 e. The fraction of sp³-hybridized carbons (Fsp3) is 0.647. The Morgan fingerprint density at radius 1 is 1.35 bits per heavy atom. The van der Waals surface area contributed by atoms with Crippen molar-refractivity contribution in [3.63, 3.8) is 0 Å². The molecule has 3 rings (SSSR count). The standard InChI is InChI=1S/C17H24ClNO/c1-3-9-19-15-11-17(4-2,12-5-6-12)20-16-8-7-13(18)10-14(15)16/h7-8,10,12,15,19H,3-6,9,11H2,1-2H3. The monoisotopic (exact) mass is 293 g/mol. The molecule has 1 aliphatic heterocycles. The summed E-state index contributed by atoms with van der Waals surface area (Å²) < 4.78 is 6.46. The maximum absolute atomic E-state index is 6.46. The van der Waals surface area contributed by atoms with Gasteiger partial charge in [0, 0.05) is 23.0 Å². The third-order valence-electron chi connectivity index (χ3n) is 4.77. The molecule has 0 spiro atoms. The van der Waals surface area contributed by atoms with Crippen molar-refractivity contribution in [2.45, 2.75) is 57.6 Å². The molecule has 1 saturated carbocycles. The molecular weight excluding hydrogens is 270 g/mol. The van der Waals surface area contributed by atoms with Gasteiger partial charge in [0.05, 0.1) is 0 Å². The number of ether oxygens (including phenoxy) is 1. The first-order chi connectivity index (χ1) is 9.68. The van der Waals surface area contributed by atoms with Gasteiger partial charge in [-0.2, -0.15) is 0 Å². The van der Waals surface area contributed by atoms with E-state index in [1.165, 1.54) is 18.4 Å². The van der Waals surface area contributed by atoms with Gasteiger partial charge in [-0.05, 0) is 56.3 Å².